The van der Waals surface area contributed by atoms with E-state index in [0.29, 0.717) is 5.56 Å². The number of hydrogen-bond donors (Lipinski definition) is 3. The molecule has 0 amide bonds. The molecule has 2 aromatic carbocycles. The normalized spacial score (nSPS) is 10.3. The molecule has 0 saturated heterocycles. The molecule has 0 atom stereocenters. The van der Waals surface area contributed by atoms with Crippen molar-refractivity contribution >= 4 is 14.1 Å². The van der Waals surface area contributed by atoms with Crippen LogP contribution in [-0.2, 0) is 9.36 Å². The zero-order chi connectivity index (χ0) is 17.8. The molecule has 2 rings (SSSR count). The topological polar surface area (TPSA) is 94.8 Å². The van der Waals surface area contributed by atoms with E-state index in [4.69, 9.17) is 19.2 Å². The quantitative estimate of drug-likeness (QED) is 0.409. The third kappa shape index (κ3) is 6.37. The fourth-order valence-corrected chi connectivity index (χ4v) is 2.61. The first-order valence-corrected chi connectivity index (χ1v) is 8.46. The van der Waals surface area contributed by atoms with Crippen molar-refractivity contribution in [2.45, 2.75) is 27.7 Å². The van der Waals surface area contributed by atoms with Crippen molar-refractivity contribution in [1.82, 2.24) is 0 Å². The van der Waals surface area contributed by atoms with Crippen LogP contribution in [0.1, 0.15) is 27.8 Å². The van der Waals surface area contributed by atoms with Crippen molar-refractivity contribution in [2.24, 2.45) is 0 Å². The molecule has 0 unspecified atom stereocenters. The largest absolute Gasteiger partial charge is 1.00 e. The Labute approximate surface area is 154 Å². The van der Waals surface area contributed by atoms with Gasteiger partial charge in [0.05, 0.1) is 6.29 Å². The van der Waals surface area contributed by atoms with Gasteiger partial charge in [-0.1, -0.05) is 49.2 Å². The predicted octanol–water partition coefficient (Wildman–Crippen LogP) is 0.120. The summed E-state index contributed by atoms with van der Waals surface area (Å²) < 4.78 is 8.88. The van der Waals surface area contributed by atoms with Gasteiger partial charge in [-0.15, -0.1) is 22.8 Å². The average molecular weight is 342 g/mol. The third-order valence-electron chi connectivity index (χ3n) is 3.49. The Morgan fingerprint density at radius 2 is 1.42 bits per heavy atom. The van der Waals surface area contributed by atoms with Crippen LogP contribution in [0.2, 0.25) is 0 Å². The molecule has 0 aliphatic carbocycles. The van der Waals surface area contributed by atoms with Crippen molar-refractivity contribution in [3.63, 3.8) is 0 Å². The Kier molecular flexibility index (Phi) is 8.88. The van der Waals surface area contributed by atoms with Crippen molar-refractivity contribution in [3.8, 4) is 11.1 Å². The van der Waals surface area contributed by atoms with E-state index in [9.17, 15) is 4.79 Å². The summed E-state index contributed by atoms with van der Waals surface area (Å²) >= 11 is 0. The van der Waals surface area contributed by atoms with Gasteiger partial charge in [0.2, 0.25) is 0 Å². The molecule has 0 bridgehead atoms. The Morgan fingerprint density at radius 1 is 0.917 bits per heavy atom. The van der Waals surface area contributed by atoms with E-state index in [0.717, 1.165) is 16.7 Å². The van der Waals surface area contributed by atoms with Crippen LogP contribution in [-0.4, -0.2) is 21.0 Å². The number of carbonyl (C=O) groups excluding carboxylic acids is 1. The first-order valence-electron chi connectivity index (χ1n) is 6.89. The zero-order valence-electron chi connectivity index (χ0n) is 14.5. The standard InChI is InChI=1S/C17H17O.Li.H3O4P/c1-11-7-5-6-8-15(11)17-13(3)9-12(2)16(10-18)14(17)4;;1-5(2,3)4/h5-9H,1-4H3;;(H3,1,2,3,4)/q-1;+1;. The van der Waals surface area contributed by atoms with E-state index in [2.05, 4.69) is 38.3 Å². The van der Waals surface area contributed by atoms with Crippen LogP contribution in [0.4, 0.5) is 0 Å². The molecule has 24 heavy (non-hydrogen) atoms. The van der Waals surface area contributed by atoms with Crippen LogP contribution in [0.25, 0.3) is 11.1 Å². The van der Waals surface area contributed by atoms with E-state index in [1.165, 1.54) is 16.7 Å². The maximum Gasteiger partial charge on any atom is 1.00 e. The van der Waals surface area contributed by atoms with Gasteiger partial charge in [-0.05, 0) is 25.0 Å². The molecule has 124 valence electrons. The number of aryl methyl sites for hydroxylation is 3. The molecular formula is C17H20LiO5P. The van der Waals surface area contributed by atoms with Gasteiger partial charge in [0.25, 0.3) is 0 Å². The molecule has 3 N–H and O–H groups in total. The van der Waals surface area contributed by atoms with Crippen molar-refractivity contribution in [3.05, 3.63) is 58.1 Å². The maximum atomic E-state index is 11.1. The zero-order valence-corrected chi connectivity index (χ0v) is 15.4. The van der Waals surface area contributed by atoms with Crippen LogP contribution < -0.4 is 18.9 Å². The van der Waals surface area contributed by atoms with Gasteiger partial charge >= 0.3 is 26.7 Å². The van der Waals surface area contributed by atoms with Crippen LogP contribution >= 0.6 is 7.82 Å². The van der Waals surface area contributed by atoms with Gasteiger partial charge in [0, 0.05) is 0 Å². The second-order valence-electron chi connectivity index (χ2n) is 5.32. The molecule has 0 aliphatic rings. The molecule has 0 aliphatic heterocycles. The van der Waals surface area contributed by atoms with E-state index in [1.54, 1.807) is 0 Å². The minimum atomic E-state index is -4.64. The monoisotopic (exact) mass is 342 g/mol. The molecular weight excluding hydrogens is 322 g/mol. The Bertz CT molecular complexity index is 760. The summed E-state index contributed by atoms with van der Waals surface area (Å²) in [6.45, 7) is 8.15. The minimum Gasteiger partial charge on any atom is -0.376 e. The van der Waals surface area contributed by atoms with Crippen LogP contribution in [0.3, 0.4) is 0 Å². The number of rotatable bonds is 2. The molecule has 7 heteroatoms. The molecule has 5 nitrogen and oxygen atoms in total. The summed E-state index contributed by atoms with van der Waals surface area (Å²) in [5, 5.41) is 0. The van der Waals surface area contributed by atoms with Crippen LogP contribution in [0.15, 0.2) is 30.3 Å². The molecule has 0 aromatic heterocycles. The third-order valence-corrected chi connectivity index (χ3v) is 3.49. The van der Waals surface area contributed by atoms with Crippen LogP contribution in [0, 0.1) is 27.7 Å². The number of benzene rings is 2. The molecule has 0 saturated carbocycles. The average Bonchev–Trinajstić information content (AvgIpc) is 2.39. The van der Waals surface area contributed by atoms with Gasteiger partial charge in [0.15, 0.2) is 0 Å². The summed E-state index contributed by atoms with van der Waals surface area (Å²) in [7, 11) is -4.64. The van der Waals surface area contributed by atoms with Gasteiger partial charge in [-0.3, -0.25) is 0 Å². The van der Waals surface area contributed by atoms with E-state index in [-0.39, 0.29) is 18.9 Å². The predicted molar refractivity (Wildman–Crippen MR) is 89.9 cm³/mol. The first-order chi connectivity index (χ1) is 10.6. The Hall–Kier alpha value is -1.18. The molecule has 0 radical (unpaired) electrons. The summed E-state index contributed by atoms with van der Waals surface area (Å²) in [4.78, 5) is 32.7. The maximum absolute atomic E-state index is 11.1. The Balaban J connectivity index is 0.000000777. The Morgan fingerprint density at radius 3 is 1.88 bits per heavy atom. The van der Waals surface area contributed by atoms with Gasteiger partial charge in [-0.25, -0.2) is 4.57 Å². The fraction of sp³-hybridized carbons (Fsp3) is 0.235. The van der Waals surface area contributed by atoms with Crippen molar-refractivity contribution in [2.75, 3.05) is 0 Å². The summed E-state index contributed by atoms with van der Waals surface area (Å²) in [5.74, 6) is 0. The van der Waals surface area contributed by atoms with Crippen molar-refractivity contribution in [1.29, 1.82) is 0 Å². The van der Waals surface area contributed by atoms with Gasteiger partial charge in [0.1, 0.15) is 0 Å². The van der Waals surface area contributed by atoms with Crippen molar-refractivity contribution < 1.29 is 42.9 Å². The second-order valence-corrected chi connectivity index (χ2v) is 6.34. The van der Waals surface area contributed by atoms with E-state index in [1.807, 2.05) is 26.0 Å². The summed E-state index contributed by atoms with van der Waals surface area (Å²) in [6.07, 6.45) is 2.07. The minimum absolute atomic E-state index is 0. The molecule has 0 heterocycles. The molecule has 0 spiro atoms. The fourth-order valence-electron chi connectivity index (χ4n) is 2.61. The number of hydrogen-bond acceptors (Lipinski definition) is 2. The van der Waals surface area contributed by atoms with Gasteiger partial charge in [-0.2, -0.15) is 0 Å². The first kappa shape index (κ1) is 22.8. The molecule has 2 aromatic rings. The smallest absolute Gasteiger partial charge is 0.376 e. The summed E-state index contributed by atoms with van der Waals surface area (Å²) in [6, 6.07) is 10.3. The van der Waals surface area contributed by atoms with Gasteiger partial charge < -0.3 is 19.5 Å². The molecule has 0 fully saturated rings. The van der Waals surface area contributed by atoms with E-state index < -0.39 is 7.82 Å². The van der Waals surface area contributed by atoms with E-state index >= 15 is 0 Å². The summed E-state index contributed by atoms with van der Waals surface area (Å²) in [5.41, 5.74) is 7.51. The SMILES string of the molecule is Cc1ccccc1-c1c(C)cc(C)c([C-]=O)c1C.O=P(O)(O)O.[Li+]. The number of phosphoric acid groups is 1. The second kappa shape index (κ2) is 9.34. The van der Waals surface area contributed by atoms with Crippen LogP contribution in [0.5, 0.6) is 0 Å².